The van der Waals surface area contributed by atoms with Gasteiger partial charge in [-0.05, 0) is 12.1 Å². The van der Waals surface area contributed by atoms with Crippen molar-refractivity contribution in [2.75, 3.05) is 12.3 Å². The van der Waals surface area contributed by atoms with Crippen LogP contribution in [0.1, 0.15) is 6.04 Å². The fourth-order valence-electron chi connectivity index (χ4n) is 2.67. The number of aliphatic hydroxyl groups is 3. The highest BCUT2D eigenvalue weighted by atomic mass is 19.1. The van der Waals surface area contributed by atoms with Crippen molar-refractivity contribution in [2.45, 2.75) is 18.2 Å². The van der Waals surface area contributed by atoms with E-state index < -0.39 is 30.7 Å². The van der Waals surface area contributed by atoms with Crippen LogP contribution in [0.4, 0.5) is 10.2 Å². The molecule has 2 aromatic heterocycles. The minimum atomic E-state index is -1.42. The highest BCUT2D eigenvalue weighted by Crippen LogP contribution is 2.39. The number of nitrogens with zero attached hydrogens (tertiary/aromatic N) is 2. The summed E-state index contributed by atoms with van der Waals surface area (Å²) in [5.41, 5.74) is 6.15. The molecule has 0 bridgehead atoms. The second-order valence-corrected chi connectivity index (χ2v) is 4.76. The van der Waals surface area contributed by atoms with Crippen LogP contribution in [0.15, 0.2) is 35.9 Å². The van der Waals surface area contributed by atoms with Gasteiger partial charge in [-0.1, -0.05) is 0 Å². The molecule has 0 amide bonds. The largest absolute Gasteiger partial charge is 0.392 e. The fourth-order valence-corrected chi connectivity index (χ4v) is 2.67. The van der Waals surface area contributed by atoms with Gasteiger partial charge in [-0.25, -0.2) is 9.37 Å². The number of hydrogen-bond acceptors (Lipinski definition) is 5. The Labute approximate surface area is 113 Å². The van der Waals surface area contributed by atoms with Gasteiger partial charge in [-0.3, -0.25) is 0 Å². The third kappa shape index (κ3) is 1.64. The highest BCUT2D eigenvalue weighted by Gasteiger charge is 2.42. The maximum absolute atomic E-state index is 14.3. The van der Waals surface area contributed by atoms with E-state index in [-0.39, 0.29) is 5.57 Å². The summed E-state index contributed by atoms with van der Waals surface area (Å²) in [7, 11) is 0. The Morgan fingerprint density at radius 3 is 2.75 bits per heavy atom. The first-order chi connectivity index (χ1) is 9.56. The maximum Gasteiger partial charge on any atom is 0.132 e. The Hall–Kier alpha value is -1.96. The van der Waals surface area contributed by atoms with Crippen molar-refractivity contribution >= 4 is 16.7 Å². The van der Waals surface area contributed by atoms with E-state index in [0.29, 0.717) is 16.7 Å². The monoisotopic (exact) mass is 279 g/mol. The number of fused-ring (bicyclic) bond motifs is 1. The lowest BCUT2D eigenvalue weighted by Gasteiger charge is -2.20. The quantitative estimate of drug-likeness (QED) is 0.624. The zero-order valence-corrected chi connectivity index (χ0v) is 10.4. The first-order valence-corrected chi connectivity index (χ1v) is 6.12. The van der Waals surface area contributed by atoms with Gasteiger partial charge in [0, 0.05) is 23.4 Å². The molecule has 2 heterocycles. The van der Waals surface area contributed by atoms with E-state index >= 15 is 0 Å². The lowest BCUT2D eigenvalue weighted by Crippen LogP contribution is -2.30. The molecule has 1 aliphatic carbocycles. The molecule has 3 atom stereocenters. The molecule has 6 nitrogen and oxygen atoms in total. The van der Waals surface area contributed by atoms with E-state index in [1.165, 1.54) is 10.8 Å². The molecule has 0 aliphatic heterocycles. The molecule has 20 heavy (non-hydrogen) atoms. The number of pyridine rings is 1. The number of aliphatic hydroxyl groups excluding tert-OH is 3. The number of nitrogen functional groups attached to an aromatic ring is 1. The van der Waals surface area contributed by atoms with Crippen LogP contribution < -0.4 is 5.73 Å². The molecule has 3 rings (SSSR count). The summed E-state index contributed by atoms with van der Waals surface area (Å²) in [4.78, 5) is 3.94. The summed E-state index contributed by atoms with van der Waals surface area (Å²) < 4.78 is 15.8. The van der Waals surface area contributed by atoms with Crippen LogP contribution in [0.2, 0.25) is 0 Å². The van der Waals surface area contributed by atoms with Gasteiger partial charge >= 0.3 is 0 Å². The van der Waals surface area contributed by atoms with Crippen molar-refractivity contribution in [3.63, 3.8) is 0 Å². The van der Waals surface area contributed by atoms with Crippen LogP contribution in [0.5, 0.6) is 0 Å². The predicted octanol–water partition coefficient (Wildman–Crippen LogP) is 0.111. The van der Waals surface area contributed by atoms with Gasteiger partial charge < -0.3 is 25.6 Å². The molecule has 0 fully saturated rings. The third-order valence-corrected chi connectivity index (χ3v) is 3.72. The zero-order chi connectivity index (χ0) is 14.4. The van der Waals surface area contributed by atoms with Gasteiger partial charge in [0.05, 0.1) is 12.1 Å². The second kappa shape index (κ2) is 4.55. The lowest BCUT2D eigenvalue weighted by molar-refractivity contribution is 0.0264. The summed E-state index contributed by atoms with van der Waals surface area (Å²) in [5, 5.41) is 29.5. The Kier molecular flexibility index (Phi) is 2.97. The summed E-state index contributed by atoms with van der Waals surface area (Å²) in [6, 6.07) is 2.24. The van der Waals surface area contributed by atoms with E-state index in [1.807, 2.05) is 0 Å². The van der Waals surface area contributed by atoms with Gasteiger partial charge in [-0.15, -0.1) is 0 Å². The molecule has 0 aromatic carbocycles. The Morgan fingerprint density at radius 1 is 1.35 bits per heavy atom. The van der Waals surface area contributed by atoms with Gasteiger partial charge in [-0.2, -0.15) is 0 Å². The number of rotatable bonds is 2. The molecule has 106 valence electrons. The lowest BCUT2D eigenvalue weighted by atomic mass is 10.1. The molecule has 0 saturated heterocycles. The standard InChI is InChI=1S/C13H14FN3O3/c14-9-7(5-18)11(19)12(20)10(9)17-4-2-6-8(17)1-3-16-13(6)15/h1-4,10-12,18-20H,5H2,(H2,15,16)/t10-,11-,12+/m1/s1. The van der Waals surface area contributed by atoms with Crippen LogP contribution in [0, 0.1) is 0 Å². The maximum atomic E-state index is 14.3. The van der Waals surface area contributed by atoms with Crippen molar-refractivity contribution in [3.8, 4) is 0 Å². The van der Waals surface area contributed by atoms with E-state index in [4.69, 9.17) is 10.8 Å². The number of hydrogen-bond donors (Lipinski definition) is 4. The van der Waals surface area contributed by atoms with Crippen molar-refractivity contribution in [1.82, 2.24) is 9.55 Å². The first kappa shape index (κ1) is 13.0. The summed E-state index contributed by atoms with van der Waals surface area (Å²) in [5.74, 6) is -0.415. The molecule has 0 radical (unpaired) electrons. The van der Waals surface area contributed by atoms with E-state index in [2.05, 4.69) is 4.98 Å². The SMILES string of the molecule is Nc1nccc2c1ccn2[C@@H]1C(F)=C(CO)[C@@H](O)[C@H]1O. The molecular weight excluding hydrogens is 265 g/mol. The molecule has 7 heteroatoms. The van der Waals surface area contributed by atoms with Crippen LogP contribution in [-0.4, -0.2) is 43.7 Å². The van der Waals surface area contributed by atoms with Crippen molar-refractivity contribution in [1.29, 1.82) is 0 Å². The Morgan fingerprint density at radius 2 is 2.10 bits per heavy atom. The van der Waals surface area contributed by atoms with Crippen molar-refractivity contribution in [3.05, 3.63) is 35.9 Å². The van der Waals surface area contributed by atoms with E-state index in [1.54, 1.807) is 18.3 Å². The number of halogens is 1. The van der Waals surface area contributed by atoms with Crippen LogP contribution in [0.25, 0.3) is 10.9 Å². The number of anilines is 1. The molecule has 2 aromatic rings. The molecule has 1 aliphatic rings. The van der Waals surface area contributed by atoms with Gasteiger partial charge in [0.2, 0.25) is 0 Å². The molecule has 5 N–H and O–H groups in total. The Bertz CT molecular complexity index is 697. The average Bonchev–Trinajstić information content (AvgIpc) is 2.92. The van der Waals surface area contributed by atoms with E-state index in [9.17, 15) is 14.6 Å². The normalized spacial score (nSPS) is 26.7. The minimum Gasteiger partial charge on any atom is -0.392 e. The van der Waals surface area contributed by atoms with Gasteiger partial charge in [0.15, 0.2) is 0 Å². The smallest absolute Gasteiger partial charge is 0.132 e. The predicted molar refractivity (Wildman–Crippen MR) is 70.4 cm³/mol. The zero-order valence-electron chi connectivity index (χ0n) is 10.4. The highest BCUT2D eigenvalue weighted by molar-refractivity contribution is 5.89. The van der Waals surface area contributed by atoms with Crippen LogP contribution >= 0.6 is 0 Å². The minimum absolute atomic E-state index is 0.189. The molecular formula is C13H14FN3O3. The van der Waals surface area contributed by atoms with Gasteiger partial charge in [0.25, 0.3) is 0 Å². The second-order valence-electron chi connectivity index (χ2n) is 4.76. The van der Waals surface area contributed by atoms with Crippen molar-refractivity contribution in [2.24, 2.45) is 0 Å². The van der Waals surface area contributed by atoms with Crippen molar-refractivity contribution < 1.29 is 19.7 Å². The average molecular weight is 279 g/mol. The molecule has 0 unspecified atom stereocenters. The number of nitrogens with two attached hydrogens (primary N) is 1. The van der Waals surface area contributed by atoms with Crippen LogP contribution in [-0.2, 0) is 0 Å². The number of aromatic nitrogens is 2. The summed E-state index contributed by atoms with van der Waals surface area (Å²) >= 11 is 0. The Balaban J connectivity index is 2.17. The third-order valence-electron chi connectivity index (χ3n) is 3.72. The molecule has 0 spiro atoms. The van der Waals surface area contributed by atoms with Gasteiger partial charge in [0.1, 0.15) is 29.9 Å². The summed E-state index contributed by atoms with van der Waals surface area (Å²) in [6.07, 6.45) is 0.285. The fraction of sp³-hybridized carbons (Fsp3) is 0.308. The summed E-state index contributed by atoms with van der Waals surface area (Å²) in [6.45, 7) is -0.635. The van der Waals surface area contributed by atoms with E-state index in [0.717, 1.165) is 0 Å². The molecule has 0 saturated carbocycles. The van der Waals surface area contributed by atoms with Crippen LogP contribution in [0.3, 0.4) is 0 Å². The topological polar surface area (TPSA) is 105 Å². The first-order valence-electron chi connectivity index (χ1n) is 6.12.